The number of morpholine rings is 1. The Kier molecular flexibility index (Phi) is 3.89. The Morgan fingerprint density at radius 2 is 2.08 bits per heavy atom. The summed E-state index contributed by atoms with van der Waals surface area (Å²) in [6.45, 7) is 3.16. The highest BCUT2D eigenvalue weighted by Crippen LogP contribution is 2.25. The fraction of sp³-hybridized carbons (Fsp3) is 0.263. The van der Waals surface area contributed by atoms with Crippen LogP contribution in [0.5, 0.6) is 0 Å². The molecule has 0 saturated carbocycles. The number of furan rings is 1. The van der Waals surface area contributed by atoms with Crippen LogP contribution in [0.3, 0.4) is 0 Å². The SMILES string of the molecule is Cc1ccc([C@@H]2CN(C(=O)c3cc4ccccc4c(=O)[nH]3)CCO2)o1. The van der Waals surface area contributed by atoms with Gasteiger partial charge in [-0.1, -0.05) is 18.2 Å². The fourth-order valence-corrected chi connectivity index (χ4v) is 3.13. The van der Waals surface area contributed by atoms with Gasteiger partial charge in [-0.2, -0.15) is 0 Å². The van der Waals surface area contributed by atoms with Crippen molar-refractivity contribution in [3.63, 3.8) is 0 Å². The van der Waals surface area contributed by atoms with Gasteiger partial charge in [-0.25, -0.2) is 0 Å². The van der Waals surface area contributed by atoms with Gasteiger partial charge in [0.2, 0.25) is 0 Å². The summed E-state index contributed by atoms with van der Waals surface area (Å²) in [4.78, 5) is 29.4. The van der Waals surface area contributed by atoms with Gasteiger partial charge in [-0.3, -0.25) is 9.59 Å². The topological polar surface area (TPSA) is 75.5 Å². The zero-order chi connectivity index (χ0) is 17.4. The highest BCUT2D eigenvalue weighted by Gasteiger charge is 2.28. The number of nitrogens with zero attached hydrogens (tertiary/aromatic N) is 1. The van der Waals surface area contributed by atoms with Gasteiger partial charge in [0.15, 0.2) is 0 Å². The standard InChI is InChI=1S/C19H18N2O4/c1-12-6-7-16(25-12)17-11-21(8-9-24-17)19(23)15-10-13-4-2-3-5-14(13)18(22)20-15/h2-7,10,17H,8-9,11H2,1H3,(H,20,22)/t17-/m0/s1. The first-order valence-electron chi connectivity index (χ1n) is 8.21. The molecule has 128 valence electrons. The summed E-state index contributed by atoms with van der Waals surface area (Å²) >= 11 is 0. The van der Waals surface area contributed by atoms with Crippen LogP contribution in [0, 0.1) is 6.92 Å². The molecule has 1 atom stereocenters. The molecule has 25 heavy (non-hydrogen) atoms. The predicted octanol–water partition coefficient (Wildman–Crippen LogP) is 2.64. The Balaban J connectivity index is 1.61. The summed E-state index contributed by atoms with van der Waals surface area (Å²) in [6.07, 6.45) is -0.293. The Morgan fingerprint density at radius 1 is 1.24 bits per heavy atom. The third-order valence-electron chi connectivity index (χ3n) is 4.42. The Morgan fingerprint density at radius 3 is 2.88 bits per heavy atom. The molecule has 1 aromatic carbocycles. The van der Waals surface area contributed by atoms with Crippen LogP contribution in [0.2, 0.25) is 0 Å². The van der Waals surface area contributed by atoms with Gasteiger partial charge in [0.1, 0.15) is 23.3 Å². The van der Waals surface area contributed by atoms with E-state index in [2.05, 4.69) is 4.98 Å². The monoisotopic (exact) mass is 338 g/mol. The lowest BCUT2D eigenvalue weighted by Crippen LogP contribution is -2.42. The van der Waals surface area contributed by atoms with Crippen LogP contribution in [0.25, 0.3) is 10.8 Å². The van der Waals surface area contributed by atoms with E-state index in [1.165, 1.54) is 0 Å². The number of hydrogen-bond acceptors (Lipinski definition) is 4. The van der Waals surface area contributed by atoms with Crippen LogP contribution < -0.4 is 5.56 Å². The molecule has 0 unspecified atom stereocenters. The number of benzene rings is 1. The molecule has 1 saturated heterocycles. The van der Waals surface area contributed by atoms with E-state index in [4.69, 9.17) is 9.15 Å². The molecule has 1 N–H and O–H groups in total. The number of aromatic amines is 1. The van der Waals surface area contributed by atoms with Crippen LogP contribution in [-0.2, 0) is 4.74 Å². The molecule has 2 aromatic heterocycles. The average molecular weight is 338 g/mol. The highest BCUT2D eigenvalue weighted by atomic mass is 16.5. The zero-order valence-electron chi connectivity index (χ0n) is 13.8. The van der Waals surface area contributed by atoms with Gasteiger partial charge < -0.3 is 19.0 Å². The third kappa shape index (κ3) is 2.96. The molecule has 6 heteroatoms. The zero-order valence-corrected chi connectivity index (χ0v) is 13.8. The first-order chi connectivity index (χ1) is 12.1. The molecule has 0 spiro atoms. The molecule has 1 fully saturated rings. The van der Waals surface area contributed by atoms with Gasteiger partial charge in [0.05, 0.1) is 13.2 Å². The van der Waals surface area contributed by atoms with E-state index in [9.17, 15) is 9.59 Å². The van der Waals surface area contributed by atoms with Crippen LogP contribution in [-0.4, -0.2) is 35.5 Å². The third-order valence-corrected chi connectivity index (χ3v) is 4.42. The maximum Gasteiger partial charge on any atom is 0.270 e. The van der Waals surface area contributed by atoms with Crippen molar-refractivity contribution in [3.05, 3.63) is 70.0 Å². The second-order valence-corrected chi connectivity index (χ2v) is 6.16. The summed E-state index contributed by atoms with van der Waals surface area (Å²) in [6, 6.07) is 12.7. The minimum atomic E-state index is -0.293. The number of nitrogens with one attached hydrogen (secondary N) is 1. The average Bonchev–Trinajstić information content (AvgIpc) is 3.08. The van der Waals surface area contributed by atoms with Crippen molar-refractivity contribution < 1.29 is 13.9 Å². The molecule has 0 radical (unpaired) electrons. The second-order valence-electron chi connectivity index (χ2n) is 6.16. The van der Waals surface area contributed by atoms with Crippen molar-refractivity contribution in [1.29, 1.82) is 0 Å². The summed E-state index contributed by atoms with van der Waals surface area (Å²) in [5.74, 6) is 1.31. The number of aryl methyl sites for hydroxylation is 1. The van der Waals surface area contributed by atoms with Crippen LogP contribution in [0.4, 0.5) is 0 Å². The summed E-state index contributed by atoms with van der Waals surface area (Å²) < 4.78 is 11.3. The number of hydrogen-bond donors (Lipinski definition) is 1. The van der Waals surface area contributed by atoms with E-state index in [1.807, 2.05) is 31.2 Å². The number of fused-ring (bicyclic) bond motifs is 1. The Bertz CT molecular complexity index is 988. The Hall–Kier alpha value is -2.86. The number of carbonyl (C=O) groups excluding carboxylic acids is 1. The number of carbonyl (C=O) groups is 1. The molecular weight excluding hydrogens is 320 g/mol. The van der Waals surface area contributed by atoms with Crippen molar-refractivity contribution in [1.82, 2.24) is 9.88 Å². The van der Waals surface area contributed by atoms with Gasteiger partial charge >= 0.3 is 0 Å². The van der Waals surface area contributed by atoms with Crippen molar-refractivity contribution in [2.24, 2.45) is 0 Å². The van der Waals surface area contributed by atoms with Crippen LogP contribution in [0.1, 0.15) is 28.1 Å². The van der Waals surface area contributed by atoms with Crippen molar-refractivity contribution in [2.45, 2.75) is 13.0 Å². The van der Waals surface area contributed by atoms with Crippen LogP contribution >= 0.6 is 0 Å². The van der Waals surface area contributed by atoms with Crippen LogP contribution in [0.15, 0.2) is 51.7 Å². The maximum atomic E-state index is 12.8. The lowest BCUT2D eigenvalue weighted by molar-refractivity contribution is -0.0325. The molecule has 1 aliphatic heterocycles. The smallest absolute Gasteiger partial charge is 0.270 e. The minimum Gasteiger partial charge on any atom is -0.464 e. The first-order valence-corrected chi connectivity index (χ1v) is 8.21. The molecule has 1 amide bonds. The number of H-pyrrole nitrogens is 1. The summed E-state index contributed by atoms with van der Waals surface area (Å²) in [5, 5.41) is 1.33. The first kappa shape index (κ1) is 15.7. The molecule has 3 aromatic rings. The van der Waals surface area contributed by atoms with Gasteiger partial charge in [-0.15, -0.1) is 0 Å². The fourth-order valence-electron chi connectivity index (χ4n) is 3.13. The normalized spacial score (nSPS) is 17.8. The number of rotatable bonds is 2. The lowest BCUT2D eigenvalue weighted by atomic mass is 10.1. The number of amides is 1. The molecular formula is C19H18N2O4. The second kappa shape index (κ2) is 6.22. The van der Waals surface area contributed by atoms with E-state index in [0.29, 0.717) is 36.5 Å². The van der Waals surface area contributed by atoms with Crippen molar-refractivity contribution in [2.75, 3.05) is 19.7 Å². The van der Waals surface area contributed by atoms with E-state index in [-0.39, 0.29) is 17.6 Å². The van der Waals surface area contributed by atoms with Gasteiger partial charge in [0, 0.05) is 11.9 Å². The highest BCUT2D eigenvalue weighted by molar-refractivity contribution is 5.96. The largest absolute Gasteiger partial charge is 0.464 e. The maximum absolute atomic E-state index is 12.8. The van der Waals surface area contributed by atoms with E-state index < -0.39 is 0 Å². The van der Waals surface area contributed by atoms with Crippen molar-refractivity contribution >= 4 is 16.7 Å². The lowest BCUT2D eigenvalue weighted by Gasteiger charge is -2.32. The number of aromatic nitrogens is 1. The molecule has 0 bridgehead atoms. The molecule has 0 aliphatic carbocycles. The van der Waals surface area contributed by atoms with E-state index >= 15 is 0 Å². The molecule has 3 heterocycles. The van der Waals surface area contributed by atoms with E-state index in [0.717, 1.165) is 11.1 Å². The van der Waals surface area contributed by atoms with Gasteiger partial charge in [-0.05, 0) is 36.6 Å². The predicted molar refractivity (Wildman–Crippen MR) is 92.6 cm³/mol. The Labute approximate surface area is 144 Å². The number of ether oxygens (including phenoxy) is 1. The van der Waals surface area contributed by atoms with E-state index in [1.54, 1.807) is 23.1 Å². The molecule has 6 nitrogen and oxygen atoms in total. The quantitative estimate of drug-likeness (QED) is 0.779. The number of pyridine rings is 1. The molecule has 1 aliphatic rings. The van der Waals surface area contributed by atoms with Crippen molar-refractivity contribution in [3.8, 4) is 0 Å². The molecule has 4 rings (SSSR count). The van der Waals surface area contributed by atoms with Gasteiger partial charge in [0.25, 0.3) is 11.5 Å². The summed E-state index contributed by atoms with van der Waals surface area (Å²) in [5.41, 5.74) is 0.0351. The summed E-state index contributed by atoms with van der Waals surface area (Å²) in [7, 11) is 0. The minimum absolute atomic E-state index is 0.209.